The fourth-order valence-corrected chi connectivity index (χ4v) is 3.63. The van der Waals surface area contributed by atoms with E-state index >= 15 is 0 Å². The van der Waals surface area contributed by atoms with Gasteiger partial charge in [-0.3, -0.25) is 4.79 Å². The summed E-state index contributed by atoms with van der Waals surface area (Å²) in [4.78, 5) is 19.2. The van der Waals surface area contributed by atoms with Crippen molar-refractivity contribution in [1.82, 2.24) is 14.9 Å². The molecule has 3 rings (SSSR count). The predicted octanol–water partition coefficient (Wildman–Crippen LogP) is 2.19. The van der Waals surface area contributed by atoms with Crippen LogP contribution in [-0.4, -0.2) is 34.6 Å². The van der Waals surface area contributed by atoms with Crippen molar-refractivity contribution in [2.24, 2.45) is 13.0 Å². The molecular weight excluding hydrogens is 358 g/mol. The lowest BCUT2D eigenvalue weighted by Gasteiger charge is -2.24. The number of hydrogen-bond donors (Lipinski definition) is 1. The molecule has 23 heavy (non-hydrogen) atoms. The zero-order chi connectivity index (χ0) is 16.6. The molecule has 1 N–H and O–H groups in total. The second-order valence-corrected chi connectivity index (χ2v) is 6.82. The van der Waals surface area contributed by atoms with Crippen LogP contribution in [0.1, 0.15) is 13.3 Å². The number of hydrogen-bond acceptors (Lipinski definition) is 4. The average Bonchev–Trinajstić information content (AvgIpc) is 3.07. The van der Waals surface area contributed by atoms with Crippen LogP contribution in [0.25, 0.3) is 11.0 Å². The molecule has 0 radical (unpaired) electrons. The normalized spacial score (nSPS) is 20.7. The fraction of sp³-hybridized carbons (Fsp3) is 0.438. The van der Waals surface area contributed by atoms with Gasteiger partial charge in [-0.1, -0.05) is 13.0 Å². The highest BCUT2D eigenvalue weighted by atomic mass is 79.9. The van der Waals surface area contributed by atoms with Gasteiger partial charge < -0.3 is 14.8 Å². The zero-order valence-corrected chi connectivity index (χ0v) is 14.7. The summed E-state index contributed by atoms with van der Waals surface area (Å²) in [6.45, 7) is 2.94. The van der Waals surface area contributed by atoms with Crippen LogP contribution in [0.3, 0.4) is 0 Å². The standard InChI is InChI=1S/C16H18BrN5O/c1-10-8-13(15(23)19-7-6-18)22(9-10)16-20-14-11(17)4-3-5-12(14)21(16)2/h3-5,10,13H,7-9H2,1-2H3,(H,19,23)/t10-,13-/m0/s1. The number of para-hydroxylation sites is 1. The lowest BCUT2D eigenvalue weighted by molar-refractivity contribution is -0.122. The fourth-order valence-electron chi connectivity index (χ4n) is 3.18. The highest BCUT2D eigenvalue weighted by Crippen LogP contribution is 2.32. The molecule has 0 spiro atoms. The number of rotatable bonds is 3. The van der Waals surface area contributed by atoms with E-state index in [0.29, 0.717) is 5.92 Å². The lowest BCUT2D eigenvalue weighted by atomic mass is 10.1. The van der Waals surface area contributed by atoms with Gasteiger partial charge in [-0.15, -0.1) is 0 Å². The summed E-state index contributed by atoms with van der Waals surface area (Å²) in [5, 5.41) is 11.3. The van der Waals surface area contributed by atoms with E-state index in [1.807, 2.05) is 40.8 Å². The first-order valence-corrected chi connectivity index (χ1v) is 8.34. The van der Waals surface area contributed by atoms with E-state index in [9.17, 15) is 4.79 Å². The molecule has 1 aliphatic rings. The Bertz CT molecular complexity index is 794. The maximum atomic E-state index is 12.4. The minimum atomic E-state index is -0.285. The average molecular weight is 376 g/mol. The molecule has 1 aliphatic heterocycles. The lowest BCUT2D eigenvalue weighted by Crippen LogP contribution is -2.44. The molecule has 2 atom stereocenters. The van der Waals surface area contributed by atoms with Crippen molar-refractivity contribution in [2.45, 2.75) is 19.4 Å². The van der Waals surface area contributed by atoms with Gasteiger partial charge in [0.05, 0.1) is 11.6 Å². The molecule has 0 saturated carbocycles. The van der Waals surface area contributed by atoms with Crippen molar-refractivity contribution in [3.8, 4) is 6.07 Å². The Morgan fingerprint density at radius 3 is 3.04 bits per heavy atom. The summed E-state index contributed by atoms with van der Waals surface area (Å²) in [6.07, 6.45) is 0.766. The molecule has 0 bridgehead atoms. The van der Waals surface area contributed by atoms with E-state index < -0.39 is 0 Å². The van der Waals surface area contributed by atoms with Crippen molar-refractivity contribution in [2.75, 3.05) is 18.0 Å². The van der Waals surface area contributed by atoms with Crippen molar-refractivity contribution in [3.05, 3.63) is 22.7 Å². The highest BCUT2D eigenvalue weighted by Gasteiger charge is 2.37. The third-order valence-electron chi connectivity index (χ3n) is 4.25. The molecule has 120 valence electrons. The Hall–Kier alpha value is -2.07. The quantitative estimate of drug-likeness (QED) is 0.834. The molecule has 1 amide bonds. The van der Waals surface area contributed by atoms with Gasteiger partial charge in [0, 0.05) is 18.1 Å². The first-order chi connectivity index (χ1) is 11.0. The number of aromatic nitrogens is 2. The van der Waals surface area contributed by atoms with Gasteiger partial charge in [-0.05, 0) is 40.4 Å². The third-order valence-corrected chi connectivity index (χ3v) is 4.89. The van der Waals surface area contributed by atoms with E-state index in [1.165, 1.54) is 0 Å². The predicted molar refractivity (Wildman–Crippen MR) is 92.0 cm³/mol. The second kappa shape index (κ2) is 6.20. The number of nitrogens with zero attached hydrogens (tertiary/aromatic N) is 4. The minimum Gasteiger partial charge on any atom is -0.341 e. The zero-order valence-electron chi connectivity index (χ0n) is 13.1. The number of amides is 1. The molecule has 1 aromatic carbocycles. The van der Waals surface area contributed by atoms with Gasteiger partial charge in [0.15, 0.2) is 0 Å². The summed E-state index contributed by atoms with van der Waals surface area (Å²) < 4.78 is 2.96. The van der Waals surface area contributed by atoms with Crippen molar-refractivity contribution < 1.29 is 4.79 Å². The van der Waals surface area contributed by atoms with Crippen molar-refractivity contribution >= 4 is 38.8 Å². The molecule has 0 aliphatic carbocycles. The van der Waals surface area contributed by atoms with Crippen LogP contribution in [0.2, 0.25) is 0 Å². The second-order valence-electron chi connectivity index (χ2n) is 5.96. The SMILES string of the molecule is C[C@H]1C[C@@H](C(=O)NCC#N)N(c2nc3c(Br)cccc3n2C)C1. The van der Waals surface area contributed by atoms with Crippen molar-refractivity contribution in [3.63, 3.8) is 0 Å². The Morgan fingerprint density at radius 1 is 1.57 bits per heavy atom. The summed E-state index contributed by atoms with van der Waals surface area (Å²) >= 11 is 3.53. The van der Waals surface area contributed by atoms with Crippen LogP contribution >= 0.6 is 15.9 Å². The van der Waals surface area contributed by atoms with E-state index in [1.54, 1.807) is 0 Å². The van der Waals surface area contributed by atoms with Crippen LogP contribution in [0.5, 0.6) is 0 Å². The van der Waals surface area contributed by atoms with Crippen LogP contribution in [-0.2, 0) is 11.8 Å². The summed E-state index contributed by atoms with van der Waals surface area (Å²) in [5.41, 5.74) is 1.91. The number of imidazole rings is 1. The van der Waals surface area contributed by atoms with E-state index in [2.05, 4.69) is 28.2 Å². The maximum absolute atomic E-state index is 12.4. The smallest absolute Gasteiger partial charge is 0.243 e. The van der Waals surface area contributed by atoms with Crippen LogP contribution in [0, 0.1) is 17.2 Å². The number of nitrogens with one attached hydrogen (secondary N) is 1. The van der Waals surface area contributed by atoms with E-state index in [4.69, 9.17) is 10.2 Å². The highest BCUT2D eigenvalue weighted by molar-refractivity contribution is 9.10. The monoisotopic (exact) mass is 375 g/mol. The van der Waals surface area contributed by atoms with Crippen LogP contribution < -0.4 is 10.2 Å². The van der Waals surface area contributed by atoms with Gasteiger partial charge in [0.1, 0.15) is 18.1 Å². The Labute approximate surface area is 143 Å². The molecule has 6 nitrogen and oxygen atoms in total. The molecular formula is C16H18BrN5O. The molecule has 7 heteroatoms. The van der Waals surface area contributed by atoms with Gasteiger partial charge >= 0.3 is 0 Å². The number of anilines is 1. The molecule has 0 unspecified atom stereocenters. The van der Waals surface area contributed by atoms with Crippen LogP contribution in [0.15, 0.2) is 22.7 Å². The number of aryl methyl sites for hydroxylation is 1. The largest absolute Gasteiger partial charge is 0.341 e. The third kappa shape index (κ3) is 2.79. The van der Waals surface area contributed by atoms with E-state index in [0.717, 1.165) is 34.4 Å². The Kier molecular flexibility index (Phi) is 4.26. The van der Waals surface area contributed by atoms with E-state index in [-0.39, 0.29) is 18.5 Å². The van der Waals surface area contributed by atoms with Gasteiger partial charge in [-0.25, -0.2) is 4.98 Å². The minimum absolute atomic E-state index is 0.0334. The van der Waals surface area contributed by atoms with Gasteiger partial charge in [-0.2, -0.15) is 5.26 Å². The number of benzene rings is 1. The maximum Gasteiger partial charge on any atom is 0.243 e. The molecule has 1 aromatic heterocycles. The Morgan fingerprint density at radius 2 is 2.35 bits per heavy atom. The summed E-state index contributed by atoms with van der Waals surface area (Å²) in [5.74, 6) is 1.08. The topological polar surface area (TPSA) is 74.0 Å². The first kappa shape index (κ1) is 15.8. The summed E-state index contributed by atoms with van der Waals surface area (Å²) in [6, 6.07) is 7.62. The Balaban J connectivity index is 1.99. The number of nitriles is 1. The van der Waals surface area contributed by atoms with Crippen molar-refractivity contribution in [1.29, 1.82) is 5.26 Å². The summed E-state index contributed by atoms with van der Waals surface area (Å²) in [7, 11) is 1.96. The molecule has 1 fully saturated rings. The number of carbonyl (C=O) groups excluding carboxylic acids is 1. The molecule has 2 aromatic rings. The first-order valence-electron chi connectivity index (χ1n) is 7.55. The molecule has 1 saturated heterocycles. The van der Waals surface area contributed by atoms with Crippen LogP contribution in [0.4, 0.5) is 5.95 Å². The number of carbonyl (C=O) groups is 1. The molecule has 2 heterocycles. The number of halogens is 1. The number of fused-ring (bicyclic) bond motifs is 1. The van der Waals surface area contributed by atoms with Gasteiger partial charge in [0.25, 0.3) is 0 Å². The van der Waals surface area contributed by atoms with Gasteiger partial charge in [0.2, 0.25) is 11.9 Å².